The molecule has 0 aliphatic carbocycles. The third kappa shape index (κ3) is 3.43. The number of sulfonamides is 1. The second-order valence-electron chi connectivity index (χ2n) is 3.55. The fraction of sp³-hybridized carbons (Fsp3) is 0. The van der Waals surface area contributed by atoms with Crippen LogP contribution in [-0.2, 0) is 10.0 Å². The van der Waals surface area contributed by atoms with Gasteiger partial charge in [-0.25, -0.2) is 17.8 Å². The molecule has 0 spiro atoms. The lowest BCUT2D eigenvalue weighted by Crippen LogP contribution is -2.14. The quantitative estimate of drug-likeness (QED) is 0.848. The van der Waals surface area contributed by atoms with Gasteiger partial charge in [-0.15, -0.1) is 0 Å². The summed E-state index contributed by atoms with van der Waals surface area (Å²) in [4.78, 5) is 3.28. The van der Waals surface area contributed by atoms with E-state index in [-0.39, 0.29) is 10.8 Å². The molecule has 2 aromatic rings. The Morgan fingerprint density at radius 1 is 1.26 bits per heavy atom. The van der Waals surface area contributed by atoms with Crippen LogP contribution in [0.3, 0.4) is 0 Å². The third-order valence-corrected chi connectivity index (χ3v) is 4.28. The summed E-state index contributed by atoms with van der Waals surface area (Å²) in [7, 11) is -4.01. The molecule has 1 N–H and O–H groups in total. The Bertz CT molecular complexity index is 724. The Balaban J connectivity index is 2.38. The van der Waals surface area contributed by atoms with Crippen LogP contribution in [0.4, 0.5) is 10.1 Å². The highest BCUT2D eigenvalue weighted by atomic mass is 79.9. The Labute approximate surface area is 122 Å². The summed E-state index contributed by atoms with van der Waals surface area (Å²) < 4.78 is 40.4. The summed E-state index contributed by atoms with van der Waals surface area (Å²) in [6, 6.07) is 6.44. The number of anilines is 1. The van der Waals surface area contributed by atoms with Gasteiger partial charge in [0.15, 0.2) is 0 Å². The number of benzene rings is 1. The molecule has 1 heterocycles. The summed E-state index contributed by atoms with van der Waals surface area (Å²) in [6.07, 6.45) is 1.35. The van der Waals surface area contributed by atoms with E-state index in [1.807, 2.05) is 0 Å². The van der Waals surface area contributed by atoms with Crippen molar-refractivity contribution in [1.29, 1.82) is 0 Å². The van der Waals surface area contributed by atoms with Crippen LogP contribution in [0.2, 0.25) is 5.15 Å². The number of hydrogen-bond acceptors (Lipinski definition) is 3. The first-order chi connectivity index (χ1) is 8.88. The maximum atomic E-state index is 13.6. The Kier molecular flexibility index (Phi) is 4.07. The van der Waals surface area contributed by atoms with Gasteiger partial charge < -0.3 is 0 Å². The van der Waals surface area contributed by atoms with Crippen molar-refractivity contribution >= 4 is 43.2 Å². The minimum absolute atomic E-state index is 0.136. The number of pyridine rings is 1. The zero-order chi connectivity index (χ0) is 14.0. The van der Waals surface area contributed by atoms with E-state index in [1.165, 1.54) is 30.5 Å². The summed E-state index contributed by atoms with van der Waals surface area (Å²) >= 11 is 8.70. The molecule has 1 aromatic heterocycles. The summed E-state index contributed by atoms with van der Waals surface area (Å²) in [5.41, 5.74) is 0.210. The van der Waals surface area contributed by atoms with Crippen LogP contribution in [0.15, 0.2) is 45.9 Å². The van der Waals surface area contributed by atoms with Gasteiger partial charge in [-0.05, 0) is 30.3 Å². The zero-order valence-electron chi connectivity index (χ0n) is 9.27. The summed E-state index contributed by atoms with van der Waals surface area (Å²) in [5.74, 6) is -0.845. The molecule has 1 aromatic carbocycles. The molecular weight excluding hydrogens is 359 g/mol. The lowest BCUT2D eigenvalue weighted by molar-refractivity contribution is 0.570. The molecule has 4 nitrogen and oxygen atoms in total. The molecule has 0 radical (unpaired) electrons. The number of halogens is 3. The van der Waals surface area contributed by atoms with E-state index >= 15 is 0 Å². The highest BCUT2D eigenvalue weighted by molar-refractivity contribution is 9.10. The molecule has 0 saturated heterocycles. The van der Waals surface area contributed by atoms with Crippen LogP contribution >= 0.6 is 27.5 Å². The highest BCUT2D eigenvalue weighted by Gasteiger charge is 2.19. The van der Waals surface area contributed by atoms with Crippen molar-refractivity contribution in [3.63, 3.8) is 0 Å². The van der Waals surface area contributed by atoms with Gasteiger partial charge in [0.05, 0.1) is 5.69 Å². The standard InChI is InChI=1S/C11H7BrClFN2O2S/c12-7-1-2-10(9(14)5-7)19(17,18)16-8-3-4-15-11(13)6-8/h1-6H,(H,15,16). The topological polar surface area (TPSA) is 59.1 Å². The Morgan fingerprint density at radius 2 is 2.00 bits per heavy atom. The zero-order valence-corrected chi connectivity index (χ0v) is 12.4. The maximum absolute atomic E-state index is 13.6. The van der Waals surface area contributed by atoms with Crippen molar-refractivity contribution < 1.29 is 12.8 Å². The van der Waals surface area contributed by atoms with Crippen LogP contribution in [0.1, 0.15) is 0 Å². The van der Waals surface area contributed by atoms with Gasteiger partial charge in [-0.3, -0.25) is 4.72 Å². The van der Waals surface area contributed by atoms with Crippen molar-refractivity contribution in [3.05, 3.63) is 52.0 Å². The Hall–Kier alpha value is -1.18. The molecule has 0 aliphatic heterocycles. The van der Waals surface area contributed by atoms with Crippen LogP contribution in [0.5, 0.6) is 0 Å². The monoisotopic (exact) mass is 364 g/mol. The van der Waals surface area contributed by atoms with Crippen molar-refractivity contribution in [2.45, 2.75) is 4.90 Å². The minimum atomic E-state index is -4.01. The van der Waals surface area contributed by atoms with Gasteiger partial charge in [0.2, 0.25) is 0 Å². The average molecular weight is 366 g/mol. The fourth-order valence-electron chi connectivity index (χ4n) is 1.37. The van der Waals surface area contributed by atoms with E-state index < -0.39 is 20.7 Å². The molecule has 0 amide bonds. The van der Waals surface area contributed by atoms with Gasteiger partial charge >= 0.3 is 0 Å². The Morgan fingerprint density at radius 3 is 2.63 bits per heavy atom. The smallest absolute Gasteiger partial charge is 0.264 e. The van der Waals surface area contributed by atoms with E-state index in [0.29, 0.717) is 4.47 Å². The molecular formula is C11H7BrClFN2O2S. The van der Waals surface area contributed by atoms with Crippen LogP contribution in [0.25, 0.3) is 0 Å². The normalized spacial score (nSPS) is 11.3. The molecule has 8 heteroatoms. The van der Waals surface area contributed by atoms with Crippen molar-refractivity contribution in [2.24, 2.45) is 0 Å². The van der Waals surface area contributed by atoms with E-state index in [1.54, 1.807) is 0 Å². The molecule has 19 heavy (non-hydrogen) atoms. The van der Waals surface area contributed by atoms with Gasteiger partial charge in [0, 0.05) is 10.7 Å². The van der Waals surface area contributed by atoms with Gasteiger partial charge in [0.25, 0.3) is 10.0 Å². The first kappa shape index (κ1) is 14.2. The molecule has 0 atom stereocenters. The first-order valence-electron chi connectivity index (χ1n) is 4.98. The van der Waals surface area contributed by atoms with Gasteiger partial charge in [0.1, 0.15) is 15.9 Å². The average Bonchev–Trinajstić information content (AvgIpc) is 2.27. The van der Waals surface area contributed by atoms with Crippen LogP contribution < -0.4 is 4.72 Å². The minimum Gasteiger partial charge on any atom is -0.279 e. The molecule has 2 rings (SSSR count). The van der Waals surface area contributed by atoms with Crippen LogP contribution in [0, 0.1) is 5.82 Å². The van der Waals surface area contributed by atoms with Crippen molar-refractivity contribution in [2.75, 3.05) is 4.72 Å². The fourth-order valence-corrected chi connectivity index (χ4v) is 2.99. The molecule has 100 valence electrons. The number of aromatic nitrogens is 1. The predicted octanol–water partition coefficient (Wildman–Crippen LogP) is 3.44. The summed E-state index contributed by atoms with van der Waals surface area (Å²) in [5, 5.41) is 0.136. The molecule has 0 saturated carbocycles. The summed E-state index contributed by atoms with van der Waals surface area (Å²) in [6.45, 7) is 0. The number of rotatable bonds is 3. The lowest BCUT2D eigenvalue weighted by atomic mass is 10.3. The number of nitrogens with one attached hydrogen (secondary N) is 1. The van der Waals surface area contributed by atoms with E-state index in [4.69, 9.17) is 11.6 Å². The van der Waals surface area contributed by atoms with Crippen molar-refractivity contribution in [1.82, 2.24) is 4.98 Å². The second kappa shape index (κ2) is 5.44. The van der Waals surface area contributed by atoms with E-state index in [2.05, 4.69) is 25.6 Å². The first-order valence-corrected chi connectivity index (χ1v) is 7.63. The highest BCUT2D eigenvalue weighted by Crippen LogP contribution is 2.22. The van der Waals surface area contributed by atoms with Gasteiger partial charge in [-0.1, -0.05) is 27.5 Å². The lowest BCUT2D eigenvalue weighted by Gasteiger charge is -2.09. The number of hydrogen-bond donors (Lipinski definition) is 1. The molecule has 0 aliphatic rings. The SMILES string of the molecule is O=S(=O)(Nc1ccnc(Cl)c1)c1ccc(Br)cc1F. The predicted molar refractivity (Wildman–Crippen MR) is 74.2 cm³/mol. The maximum Gasteiger partial charge on any atom is 0.264 e. The van der Waals surface area contributed by atoms with Crippen molar-refractivity contribution in [3.8, 4) is 0 Å². The largest absolute Gasteiger partial charge is 0.279 e. The number of nitrogens with zero attached hydrogens (tertiary/aromatic N) is 1. The molecule has 0 bridgehead atoms. The van der Waals surface area contributed by atoms with Gasteiger partial charge in [-0.2, -0.15) is 0 Å². The van der Waals surface area contributed by atoms with Crippen LogP contribution in [-0.4, -0.2) is 13.4 Å². The van der Waals surface area contributed by atoms with E-state index in [0.717, 1.165) is 6.07 Å². The van der Waals surface area contributed by atoms with E-state index in [9.17, 15) is 12.8 Å². The molecule has 0 fully saturated rings. The third-order valence-electron chi connectivity index (χ3n) is 2.16. The second-order valence-corrected chi connectivity index (χ2v) is 6.50. The molecule has 0 unspecified atom stereocenters.